The third-order valence-electron chi connectivity index (χ3n) is 4.82. The highest BCUT2D eigenvalue weighted by Crippen LogP contribution is 2.34. The van der Waals surface area contributed by atoms with Gasteiger partial charge < -0.3 is 20.5 Å². The predicted molar refractivity (Wildman–Crippen MR) is 89.8 cm³/mol. The lowest BCUT2D eigenvalue weighted by molar-refractivity contribution is -0.139. The molecular weight excluding hydrogens is 308 g/mol. The van der Waals surface area contributed by atoms with Gasteiger partial charge in [-0.25, -0.2) is 9.97 Å². The van der Waals surface area contributed by atoms with E-state index in [1.807, 2.05) is 13.8 Å². The van der Waals surface area contributed by atoms with Crippen LogP contribution in [-0.2, 0) is 9.47 Å². The number of hydrogen-bond acceptors (Lipinski definition) is 6. The quantitative estimate of drug-likeness (QED) is 0.872. The summed E-state index contributed by atoms with van der Waals surface area (Å²) in [7, 11) is 0. The molecule has 7 nitrogen and oxygen atoms in total. The number of nitrogens with two attached hydrogens (primary N) is 1. The molecule has 24 heavy (non-hydrogen) atoms. The molecule has 0 aromatic carbocycles. The lowest BCUT2D eigenvalue weighted by atomic mass is 9.84. The molecule has 0 aliphatic carbocycles. The highest BCUT2D eigenvalue weighted by Gasteiger charge is 2.39. The van der Waals surface area contributed by atoms with E-state index in [-0.39, 0.29) is 29.4 Å². The van der Waals surface area contributed by atoms with Gasteiger partial charge in [-0.2, -0.15) is 0 Å². The van der Waals surface area contributed by atoms with Gasteiger partial charge >= 0.3 is 0 Å². The van der Waals surface area contributed by atoms with Gasteiger partial charge in [-0.3, -0.25) is 4.79 Å². The Hall–Kier alpha value is -1.73. The van der Waals surface area contributed by atoms with Crippen molar-refractivity contribution in [2.45, 2.75) is 57.1 Å². The molecule has 0 bridgehead atoms. The topological polar surface area (TPSA) is 99.4 Å². The monoisotopic (exact) mass is 334 g/mol. The maximum atomic E-state index is 12.6. The van der Waals surface area contributed by atoms with E-state index in [0.717, 1.165) is 44.6 Å². The first-order chi connectivity index (χ1) is 11.5. The fraction of sp³-hybridized carbons (Fsp3) is 0.706. The van der Waals surface area contributed by atoms with Crippen LogP contribution in [0.25, 0.3) is 0 Å². The summed E-state index contributed by atoms with van der Waals surface area (Å²) < 4.78 is 11.4. The van der Waals surface area contributed by atoms with E-state index in [4.69, 9.17) is 15.2 Å². The van der Waals surface area contributed by atoms with Crippen molar-refractivity contribution in [2.24, 2.45) is 0 Å². The molecule has 3 rings (SSSR count). The van der Waals surface area contributed by atoms with Crippen LogP contribution in [0.5, 0.6) is 0 Å². The van der Waals surface area contributed by atoms with E-state index in [1.54, 1.807) is 6.07 Å². The van der Waals surface area contributed by atoms with Gasteiger partial charge in [0.05, 0.1) is 5.60 Å². The average molecular weight is 334 g/mol. The van der Waals surface area contributed by atoms with Crippen LogP contribution < -0.4 is 11.1 Å². The zero-order chi connectivity index (χ0) is 17.2. The molecule has 3 heterocycles. The first kappa shape index (κ1) is 17.1. The smallest absolute Gasteiger partial charge is 0.270 e. The Bertz CT molecular complexity index is 594. The molecule has 1 atom stereocenters. The summed E-state index contributed by atoms with van der Waals surface area (Å²) in [6.45, 7) is 6.13. The Kier molecular flexibility index (Phi) is 5.01. The van der Waals surface area contributed by atoms with Crippen molar-refractivity contribution in [3.8, 4) is 0 Å². The van der Waals surface area contributed by atoms with Crippen LogP contribution in [0.2, 0.25) is 0 Å². The second-order valence-electron chi connectivity index (χ2n) is 7.00. The maximum Gasteiger partial charge on any atom is 0.270 e. The number of rotatable bonds is 3. The first-order valence-corrected chi connectivity index (χ1v) is 8.64. The number of hydrogen-bond donors (Lipinski definition) is 2. The number of nitrogen functional groups attached to an aromatic ring is 1. The van der Waals surface area contributed by atoms with Crippen molar-refractivity contribution in [1.29, 1.82) is 0 Å². The van der Waals surface area contributed by atoms with Gasteiger partial charge in [-0.15, -0.1) is 0 Å². The van der Waals surface area contributed by atoms with Gasteiger partial charge in [0.25, 0.3) is 5.91 Å². The summed E-state index contributed by atoms with van der Waals surface area (Å²) >= 11 is 0. The van der Waals surface area contributed by atoms with Crippen molar-refractivity contribution in [2.75, 3.05) is 25.6 Å². The summed E-state index contributed by atoms with van der Waals surface area (Å²) in [5.74, 6) is 0.134. The van der Waals surface area contributed by atoms with E-state index in [2.05, 4.69) is 15.3 Å². The van der Waals surface area contributed by atoms with Crippen molar-refractivity contribution < 1.29 is 14.3 Å². The Balaban J connectivity index is 1.68. The van der Waals surface area contributed by atoms with Crippen LogP contribution >= 0.6 is 0 Å². The molecular formula is C17H26N4O3. The Morgan fingerprint density at radius 2 is 2.08 bits per heavy atom. The van der Waals surface area contributed by atoms with Gasteiger partial charge in [0, 0.05) is 31.6 Å². The first-order valence-electron chi connectivity index (χ1n) is 8.64. The van der Waals surface area contributed by atoms with Crippen LogP contribution in [0.3, 0.4) is 0 Å². The highest BCUT2D eigenvalue weighted by atomic mass is 16.5. The minimum atomic E-state index is -0.194. The van der Waals surface area contributed by atoms with Crippen LogP contribution in [-0.4, -0.2) is 47.3 Å². The average Bonchev–Trinajstić information content (AvgIpc) is 2.55. The molecule has 0 saturated carbocycles. The van der Waals surface area contributed by atoms with Crippen molar-refractivity contribution in [3.63, 3.8) is 0 Å². The summed E-state index contributed by atoms with van der Waals surface area (Å²) in [5, 5.41) is 3.09. The molecule has 132 valence electrons. The fourth-order valence-corrected chi connectivity index (χ4v) is 3.40. The van der Waals surface area contributed by atoms with Gasteiger partial charge in [-0.05, 0) is 37.7 Å². The maximum absolute atomic E-state index is 12.6. The third kappa shape index (κ3) is 3.84. The fourth-order valence-electron chi connectivity index (χ4n) is 3.40. The predicted octanol–water partition coefficient (Wildman–Crippen LogP) is 1.64. The third-order valence-corrected chi connectivity index (χ3v) is 4.82. The Labute approximate surface area is 142 Å². The molecule has 1 spiro atoms. The van der Waals surface area contributed by atoms with E-state index in [1.165, 1.54) is 0 Å². The van der Waals surface area contributed by atoms with Crippen molar-refractivity contribution >= 4 is 11.9 Å². The number of nitrogens with zero attached hydrogens (tertiary/aromatic N) is 2. The number of anilines is 1. The molecule has 7 heteroatoms. The molecule has 1 aromatic heterocycles. The number of carbonyl (C=O) groups is 1. The number of nitrogens with one attached hydrogen (secondary N) is 1. The van der Waals surface area contributed by atoms with Gasteiger partial charge in [0.15, 0.2) is 0 Å². The zero-order valence-electron chi connectivity index (χ0n) is 14.4. The van der Waals surface area contributed by atoms with Gasteiger partial charge in [0.1, 0.15) is 5.69 Å². The lowest BCUT2D eigenvalue weighted by Crippen LogP contribution is -2.51. The number of aromatic nitrogens is 2. The molecule has 2 aliphatic heterocycles. The van der Waals surface area contributed by atoms with E-state index in [9.17, 15) is 4.79 Å². The van der Waals surface area contributed by atoms with Crippen molar-refractivity contribution in [3.05, 3.63) is 17.5 Å². The number of amides is 1. The summed E-state index contributed by atoms with van der Waals surface area (Å²) in [5.41, 5.74) is 6.70. The number of carbonyl (C=O) groups excluding carboxylic acids is 1. The standard InChI is InChI=1S/C17H26N4O3/c1-11(2)13-9-14(21-16(18)20-13)15(22)19-12-3-6-24-17(10-12)4-7-23-8-5-17/h9,11-12H,3-8,10H2,1-2H3,(H,19,22)(H2,18,20,21). The Morgan fingerprint density at radius 3 is 2.79 bits per heavy atom. The molecule has 2 saturated heterocycles. The van der Waals surface area contributed by atoms with Crippen LogP contribution in [0.4, 0.5) is 5.95 Å². The minimum absolute atomic E-state index is 0.0861. The molecule has 2 fully saturated rings. The molecule has 0 radical (unpaired) electrons. The SMILES string of the molecule is CC(C)c1cc(C(=O)NC2CCOC3(CCOCC3)C2)nc(N)n1. The number of ether oxygens (including phenoxy) is 2. The van der Waals surface area contributed by atoms with Gasteiger partial charge in [0.2, 0.25) is 5.95 Å². The van der Waals surface area contributed by atoms with Crippen LogP contribution in [0.1, 0.15) is 61.6 Å². The molecule has 3 N–H and O–H groups in total. The van der Waals surface area contributed by atoms with Gasteiger partial charge in [-0.1, -0.05) is 13.8 Å². The Morgan fingerprint density at radius 1 is 1.33 bits per heavy atom. The van der Waals surface area contributed by atoms with Crippen LogP contribution in [0.15, 0.2) is 6.07 Å². The zero-order valence-corrected chi connectivity index (χ0v) is 14.4. The highest BCUT2D eigenvalue weighted by molar-refractivity contribution is 5.92. The molecule has 1 aromatic rings. The molecule has 2 aliphatic rings. The summed E-state index contributed by atoms with van der Waals surface area (Å²) in [6.07, 6.45) is 3.40. The largest absolute Gasteiger partial charge is 0.381 e. The summed E-state index contributed by atoms with van der Waals surface area (Å²) in [4.78, 5) is 20.9. The lowest BCUT2D eigenvalue weighted by Gasteiger charge is -2.43. The molecule has 1 unspecified atom stereocenters. The second-order valence-corrected chi connectivity index (χ2v) is 7.00. The minimum Gasteiger partial charge on any atom is -0.381 e. The summed E-state index contributed by atoms with van der Waals surface area (Å²) in [6, 6.07) is 1.81. The normalized spacial score (nSPS) is 23.4. The van der Waals surface area contributed by atoms with Crippen LogP contribution in [0, 0.1) is 0 Å². The second kappa shape index (κ2) is 7.03. The van der Waals surface area contributed by atoms with Crippen molar-refractivity contribution in [1.82, 2.24) is 15.3 Å². The van der Waals surface area contributed by atoms with E-state index in [0.29, 0.717) is 12.3 Å². The van der Waals surface area contributed by atoms with E-state index >= 15 is 0 Å². The molecule has 1 amide bonds. The van der Waals surface area contributed by atoms with E-state index < -0.39 is 0 Å².